The molecule has 1 atom stereocenters. The Balaban J connectivity index is 1.40. The first kappa shape index (κ1) is 24.2. The summed E-state index contributed by atoms with van der Waals surface area (Å²) in [6, 6.07) is 2.33. The Morgan fingerprint density at radius 1 is 1.20 bits per heavy atom. The summed E-state index contributed by atoms with van der Waals surface area (Å²) in [4.78, 5) is 27.1. The zero-order valence-corrected chi connectivity index (χ0v) is 19.6. The smallest absolute Gasteiger partial charge is 0.388 e. The van der Waals surface area contributed by atoms with Crippen LogP contribution in [0, 0.1) is 12.8 Å². The number of ether oxygens (including phenoxy) is 1. The fraction of sp³-hybridized carbons (Fsp3) is 0.409. The van der Waals surface area contributed by atoms with Gasteiger partial charge in [0.1, 0.15) is 11.7 Å². The molecule has 4 rings (SSSR count). The molecule has 13 heteroatoms. The van der Waals surface area contributed by atoms with E-state index in [9.17, 15) is 18.0 Å². The molecule has 1 aliphatic heterocycles. The average molecular weight is 490 g/mol. The Morgan fingerprint density at radius 2 is 1.97 bits per heavy atom. The van der Waals surface area contributed by atoms with Crippen LogP contribution in [0.4, 0.5) is 30.6 Å². The number of hydrogen-bond donors (Lipinski definition) is 2. The number of hydrogen-bond acceptors (Lipinski definition) is 8. The molecule has 0 radical (unpaired) electrons. The minimum absolute atomic E-state index is 0.0764. The third kappa shape index (κ3) is 5.61. The molecule has 4 heterocycles. The fourth-order valence-corrected chi connectivity index (χ4v) is 3.93. The van der Waals surface area contributed by atoms with Crippen LogP contribution in [-0.4, -0.2) is 50.1 Å². The number of likely N-dealkylation sites (N-methyl/N-ethyl adjacent to an activating group) is 1. The number of rotatable bonds is 7. The fourth-order valence-electron chi connectivity index (χ4n) is 3.93. The van der Waals surface area contributed by atoms with E-state index in [1.807, 2.05) is 32.7 Å². The Kier molecular flexibility index (Phi) is 6.50. The van der Waals surface area contributed by atoms with Crippen LogP contribution in [0.25, 0.3) is 0 Å². The van der Waals surface area contributed by atoms with Gasteiger partial charge in [-0.3, -0.25) is 9.48 Å². The molecule has 0 saturated heterocycles. The number of nitrogens with one attached hydrogen (secondary N) is 2. The van der Waals surface area contributed by atoms with E-state index in [1.165, 1.54) is 12.3 Å². The lowest BCUT2D eigenvalue weighted by molar-refractivity contribution is -0.276. The zero-order valence-electron chi connectivity index (χ0n) is 19.6. The van der Waals surface area contributed by atoms with Gasteiger partial charge in [-0.15, -0.1) is 13.2 Å². The summed E-state index contributed by atoms with van der Waals surface area (Å²) < 4.78 is 42.2. The Labute approximate surface area is 199 Å². The van der Waals surface area contributed by atoms with Gasteiger partial charge in [0.15, 0.2) is 5.82 Å². The molecular weight excluding hydrogens is 465 g/mol. The highest BCUT2D eigenvalue weighted by atomic mass is 19.4. The van der Waals surface area contributed by atoms with Gasteiger partial charge in [0, 0.05) is 37.6 Å². The molecule has 186 valence electrons. The molecule has 10 nitrogen and oxygen atoms in total. The Bertz CT molecular complexity index is 1210. The number of pyridine rings is 1. The second kappa shape index (κ2) is 9.39. The van der Waals surface area contributed by atoms with Crippen molar-refractivity contribution in [3.63, 3.8) is 0 Å². The molecule has 1 amide bonds. The highest BCUT2D eigenvalue weighted by Gasteiger charge is 2.35. The van der Waals surface area contributed by atoms with Crippen LogP contribution in [0.1, 0.15) is 30.7 Å². The molecule has 1 aliphatic rings. The number of aryl methyl sites for hydroxylation is 1. The number of amides is 1. The molecule has 3 aromatic heterocycles. The quantitative estimate of drug-likeness (QED) is 0.519. The van der Waals surface area contributed by atoms with E-state index in [-0.39, 0.29) is 17.9 Å². The average Bonchev–Trinajstić information content (AvgIpc) is 3.20. The van der Waals surface area contributed by atoms with Crippen molar-refractivity contribution < 1.29 is 22.7 Å². The number of alkyl halides is 3. The monoisotopic (exact) mass is 490 g/mol. The topological polar surface area (TPSA) is 110 Å². The predicted octanol–water partition coefficient (Wildman–Crippen LogP) is 3.35. The van der Waals surface area contributed by atoms with Crippen LogP contribution in [0.3, 0.4) is 0 Å². The molecule has 0 aliphatic carbocycles. The largest absolute Gasteiger partial charge is 0.574 e. The maximum absolute atomic E-state index is 12.5. The van der Waals surface area contributed by atoms with E-state index in [1.54, 1.807) is 17.1 Å². The lowest BCUT2D eigenvalue weighted by Crippen LogP contribution is -2.49. The number of anilines is 3. The molecule has 0 fully saturated rings. The van der Waals surface area contributed by atoms with E-state index >= 15 is 0 Å². The van der Waals surface area contributed by atoms with Crippen LogP contribution in [0.5, 0.6) is 5.88 Å². The van der Waals surface area contributed by atoms with Crippen LogP contribution >= 0.6 is 0 Å². The van der Waals surface area contributed by atoms with Crippen molar-refractivity contribution in [2.75, 3.05) is 22.6 Å². The van der Waals surface area contributed by atoms with Crippen molar-refractivity contribution in [3.05, 3.63) is 47.5 Å². The highest BCUT2D eigenvalue weighted by Crippen LogP contribution is 2.34. The maximum Gasteiger partial charge on any atom is 0.574 e. The second-order valence-electron chi connectivity index (χ2n) is 8.57. The van der Waals surface area contributed by atoms with Gasteiger partial charge in [-0.2, -0.15) is 10.1 Å². The summed E-state index contributed by atoms with van der Waals surface area (Å²) in [5, 5.41) is 10.4. The molecule has 0 saturated carbocycles. The second-order valence-corrected chi connectivity index (χ2v) is 8.57. The maximum atomic E-state index is 12.5. The van der Waals surface area contributed by atoms with Crippen molar-refractivity contribution in [2.24, 2.45) is 5.92 Å². The van der Waals surface area contributed by atoms with Gasteiger partial charge in [-0.25, -0.2) is 9.97 Å². The number of fused-ring (bicyclic) bond motifs is 1. The number of aromatic nitrogens is 5. The summed E-state index contributed by atoms with van der Waals surface area (Å²) in [6.45, 7) is 6.51. The number of carbonyl (C=O) groups excluding carboxylic acids is 1. The SMILES string of the molecule is Cc1nc(NCc2cnn(Cc3ccc(OC(F)(F)F)nc3)c2)nc2c1NC(=O)C(C(C)C)N2C. The van der Waals surface area contributed by atoms with Crippen molar-refractivity contribution in [1.29, 1.82) is 0 Å². The summed E-state index contributed by atoms with van der Waals surface area (Å²) in [6.07, 6.45) is 0.00973. The van der Waals surface area contributed by atoms with E-state index in [2.05, 4.69) is 35.4 Å². The molecule has 0 bridgehead atoms. The first-order valence-electron chi connectivity index (χ1n) is 10.9. The predicted molar refractivity (Wildman–Crippen MR) is 122 cm³/mol. The summed E-state index contributed by atoms with van der Waals surface area (Å²) >= 11 is 0. The highest BCUT2D eigenvalue weighted by molar-refractivity contribution is 6.03. The van der Waals surface area contributed by atoms with Crippen LogP contribution < -0.4 is 20.3 Å². The van der Waals surface area contributed by atoms with Crippen molar-refractivity contribution in [3.8, 4) is 5.88 Å². The van der Waals surface area contributed by atoms with Crippen LogP contribution in [0.2, 0.25) is 0 Å². The molecular formula is C22H25F3N8O2. The molecule has 0 aromatic carbocycles. The number of carbonyl (C=O) groups is 1. The summed E-state index contributed by atoms with van der Waals surface area (Å²) in [7, 11) is 1.85. The minimum atomic E-state index is -4.78. The normalized spacial score (nSPS) is 15.7. The van der Waals surface area contributed by atoms with E-state index in [4.69, 9.17) is 0 Å². The first-order chi connectivity index (χ1) is 16.5. The Hall–Kier alpha value is -3.90. The minimum Gasteiger partial charge on any atom is -0.388 e. The number of halogens is 3. The van der Waals surface area contributed by atoms with Gasteiger partial charge in [-0.05, 0) is 18.4 Å². The van der Waals surface area contributed by atoms with Crippen molar-refractivity contribution in [1.82, 2.24) is 24.7 Å². The van der Waals surface area contributed by atoms with E-state index in [0.29, 0.717) is 41.8 Å². The van der Waals surface area contributed by atoms with Crippen LogP contribution in [-0.2, 0) is 17.9 Å². The zero-order chi connectivity index (χ0) is 25.3. The van der Waals surface area contributed by atoms with E-state index < -0.39 is 12.2 Å². The van der Waals surface area contributed by atoms with Crippen molar-refractivity contribution in [2.45, 2.75) is 46.3 Å². The van der Waals surface area contributed by atoms with Gasteiger partial charge in [-0.1, -0.05) is 19.9 Å². The Morgan fingerprint density at radius 3 is 2.63 bits per heavy atom. The van der Waals surface area contributed by atoms with Crippen molar-refractivity contribution >= 4 is 23.4 Å². The first-order valence-corrected chi connectivity index (χ1v) is 10.9. The summed E-state index contributed by atoms with van der Waals surface area (Å²) in [5.74, 6) is 0.585. The van der Waals surface area contributed by atoms with Gasteiger partial charge < -0.3 is 20.3 Å². The standard InChI is InChI=1S/C22H25F3N8O2/c1-12(2)18-20(34)30-17-13(3)29-21(31-19(17)32(18)4)27-8-15-9-28-33(11-15)10-14-5-6-16(26-7-14)35-22(23,24)25/h5-7,9,11-12,18H,8,10H2,1-4H3,(H,30,34)(H,27,29,31). The third-order valence-corrected chi connectivity index (χ3v) is 5.47. The molecule has 1 unspecified atom stereocenters. The lowest BCUT2D eigenvalue weighted by atomic mass is 9.99. The van der Waals surface area contributed by atoms with Gasteiger partial charge >= 0.3 is 6.36 Å². The van der Waals surface area contributed by atoms with Crippen LogP contribution in [0.15, 0.2) is 30.7 Å². The van der Waals surface area contributed by atoms with Gasteiger partial charge in [0.2, 0.25) is 17.7 Å². The van der Waals surface area contributed by atoms with Gasteiger partial charge in [0.05, 0.1) is 18.4 Å². The molecule has 35 heavy (non-hydrogen) atoms. The molecule has 3 aromatic rings. The third-order valence-electron chi connectivity index (χ3n) is 5.47. The lowest BCUT2D eigenvalue weighted by Gasteiger charge is -2.36. The summed E-state index contributed by atoms with van der Waals surface area (Å²) in [5.41, 5.74) is 2.78. The van der Waals surface area contributed by atoms with Gasteiger partial charge in [0.25, 0.3) is 0 Å². The number of nitrogens with zero attached hydrogens (tertiary/aromatic N) is 6. The van der Waals surface area contributed by atoms with E-state index in [0.717, 1.165) is 11.6 Å². The molecule has 0 spiro atoms. The molecule has 2 N–H and O–H groups in total.